The van der Waals surface area contributed by atoms with Crippen LogP contribution in [-0.2, 0) is 0 Å². The molecule has 1 aliphatic heterocycles. The highest BCUT2D eigenvalue weighted by molar-refractivity contribution is 5.04. The summed E-state index contributed by atoms with van der Waals surface area (Å²) in [4.78, 5) is 2.80. The number of rotatable bonds is 4. The first-order chi connectivity index (χ1) is 8.64. The Balaban J connectivity index is 2.04. The Labute approximate surface area is 114 Å². The van der Waals surface area contributed by atoms with Crippen molar-refractivity contribution < 1.29 is 0 Å². The van der Waals surface area contributed by atoms with E-state index in [4.69, 9.17) is 0 Å². The van der Waals surface area contributed by atoms with E-state index in [0.717, 1.165) is 0 Å². The second kappa shape index (κ2) is 5.92. The van der Waals surface area contributed by atoms with Gasteiger partial charge in [0.25, 0.3) is 0 Å². The molecule has 0 aromatic carbocycles. The maximum Gasteiger partial charge on any atom is 0.0309 e. The van der Waals surface area contributed by atoms with Gasteiger partial charge in [0.2, 0.25) is 0 Å². The summed E-state index contributed by atoms with van der Waals surface area (Å²) in [6, 6.07) is 0. The van der Waals surface area contributed by atoms with Crippen LogP contribution in [0.5, 0.6) is 0 Å². The minimum atomic E-state index is 0.387. The number of nitrogens with one attached hydrogen (secondary N) is 1. The van der Waals surface area contributed by atoms with Gasteiger partial charge in [0.15, 0.2) is 0 Å². The summed E-state index contributed by atoms with van der Waals surface area (Å²) >= 11 is 0. The lowest BCUT2D eigenvalue weighted by Crippen LogP contribution is -2.69. The zero-order valence-electron chi connectivity index (χ0n) is 12.7. The van der Waals surface area contributed by atoms with Gasteiger partial charge >= 0.3 is 0 Å². The fourth-order valence-electron chi connectivity index (χ4n) is 3.71. The van der Waals surface area contributed by atoms with Gasteiger partial charge in [-0.2, -0.15) is 0 Å². The van der Waals surface area contributed by atoms with Gasteiger partial charge in [-0.15, -0.1) is 0 Å². The highest BCUT2D eigenvalue weighted by Gasteiger charge is 2.43. The quantitative estimate of drug-likeness (QED) is 0.823. The summed E-state index contributed by atoms with van der Waals surface area (Å²) in [6.07, 6.45) is 11.0. The first kappa shape index (κ1) is 14.3. The number of hydrogen-bond acceptors (Lipinski definition) is 2. The molecule has 0 amide bonds. The highest BCUT2D eigenvalue weighted by Crippen LogP contribution is 2.35. The van der Waals surface area contributed by atoms with Crippen molar-refractivity contribution in [3.63, 3.8) is 0 Å². The molecule has 2 fully saturated rings. The minimum absolute atomic E-state index is 0.387. The van der Waals surface area contributed by atoms with Crippen LogP contribution in [0.1, 0.15) is 72.1 Å². The predicted molar refractivity (Wildman–Crippen MR) is 79.0 cm³/mol. The van der Waals surface area contributed by atoms with Gasteiger partial charge in [-0.1, -0.05) is 39.5 Å². The summed E-state index contributed by atoms with van der Waals surface area (Å²) < 4.78 is 0. The number of nitrogens with zero attached hydrogens (tertiary/aromatic N) is 1. The fraction of sp³-hybridized carbons (Fsp3) is 1.00. The zero-order chi connectivity index (χ0) is 13.1. The third-order valence-corrected chi connectivity index (χ3v) is 5.46. The molecule has 1 saturated carbocycles. The SMILES string of the molecule is CCCCN1CC2(CCCCC2)NCC1(C)CC. The van der Waals surface area contributed by atoms with Crippen LogP contribution in [0.2, 0.25) is 0 Å². The molecule has 2 rings (SSSR count). The molecule has 1 unspecified atom stereocenters. The van der Waals surface area contributed by atoms with Crippen LogP contribution in [0.3, 0.4) is 0 Å². The van der Waals surface area contributed by atoms with E-state index in [2.05, 4.69) is 31.0 Å². The van der Waals surface area contributed by atoms with Crippen molar-refractivity contribution in [3.05, 3.63) is 0 Å². The number of piperazine rings is 1. The van der Waals surface area contributed by atoms with Gasteiger partial charge in [0.1, 0.15) is 0 Å². The van der Waals surface area contributed by atoms with E-state index in [1.165, 1.54) is 71.0 Å². The second-order valence-electron chi connectivity index (χ2n) is 6.82. The van der Waals surface area contributed by atoms with Crippen LogP contribution >= 0.6 is 0 Å². The average molecular weight is 252 g/mol. The first-order valence-corrected chi connectivity index (χ1v) is 8.14. The summed E-state index contributed by atoms with van der Waals surface area (Å²) in [5, 5.41) is 3.94. The van der Waals surface area contributed by atoms with E-state index in [9.17, 15) is 0 Å². The normalized spacial score (nSPS) is 32.8. The van der Waals surface area contributed by atoms with Crippen LogP contribution in [0, 0.1) is 0 Å². The molecule has 1 heterocycles. The molecule has 1 saturated heterocycles. The highest BCUT2D eigenvalue weighted by atomic mass is 15.3. The fourth-order valence-corrected chi connectivity index (χ4v) is 3.71. The van der Waals surface area contributed by atoms with Gasteiger partial charge in [0.05, 0.1) is 0 Å². The van der Waals surface area contributed by atoms with Crippen LogP contribution < -0.4 is 5.32 Å². The minimum Gasteiger partial charge on any atom is -0.308 e. The van der Waals surface area contributed by atoms with Crippen LogP contribution in [0.15, 0.2) is 0 Å². The van der Waals surface area contributed by atoms with Crippen LogP contribution in [0.4, 0.5) is 0 Å². The third kappa shape index (κ3) is 2.91. The van der Waals surface area contributed by atoms with Crippen molar-refractivity contribution in [2.24, 2.45) is 0 Å². The van der Waals surface area contributed by atoms with Crippen LogP contribution in [-0.4, -0.2) is 35.6 Å². The Morgan fingerprint density at radius 2 is 1.83 bits per heavy atom. The average Bonchev–Trinajstić information content (AvgIpc) is 2.41. The van der Waals surface area contributed by atoms with E-state index >= 15 is 0 Å². The summed E-state index contributed by atoms with van der Waals surface area (Å²) in [5.74, 6) is 0. The molecule has 0 aromatic heterocycles. The summed E-state index contributed by atoms with van der Waals surface area (Å²) in [7, 11) is 0. The van der Waals surface area contributed by atoms with Crippen molar-refractivity contribution >= 4 is 0 Å². The van der Waals surface area contributed by atoms with Crippen LogP contribution in [0.25, 0.3) is 0 Å². The smallest absolute Gasteiger partial charge is 0.0309 e. The van der Waals surface area contributed by atoms with E-state index in [1.807, 2.05) is 0 Å². The second-order valence-corrected chi connectivity index (χ2v) is 6.82. The van der Waals surface area contributed by atoms with E-state index in [-0.39, 0.29) is 0 Å². The van der Waals surface area contributed by atoms with Crippen molar-refractivity contribution in [1.29, 1.82) is 0 Å². The van der Waals surface area contributed by atoms with E-state index in [0.29, 0.717) is 11.1 Å². The Morgan fingerprint density at radius 1 is 1.11 bits per heavy atom. The molecule has 0 bridgehead atoms. The maximum atomic E-state index is 3.94. The van der Waals surface area contributed by atoms with Gasteiger partial charge in [-0.25, -0.2) is 0 Å². The van der Waals surface area contributed by atoms with Crippen molar-refractivity contribution in [1.82, 2.24) is 10.2 Å². The lowest BCUT2D eigenvalue weighted by atomic mass is 9.77. The largest absolute Gasteiger partial charge is 0.308 e. The van der Waals surface area contributed by atoms with Gasteiger partial charge in [-0.05, 0) is 39.2 Å². The number of unbranched alkanes of at least 4 members (excludes halogenated alkanes) is 1. The molecule has 1 spiro atoms. The standard InChI is InChI=1S/C16H32N2/c1-4-6-12-18-14-16(10-8-7-9-11-16)17-13-15(18,3)5-2/h17H,4-14H2,1-3H3. The van der Waals surface area contributed by atoms with E-state index < -0.39 is 0 Å². The molecule has 2 nitrogen and oxygen atoms in total. The molecule has 0 aromatic rings. The van der Waals surface area contributed by atoms with Gasteiger partial charge in [-0.3, -0.25) is 4.90 Å². The Morgan fingerprint density at radius 3 is 2.44 bits per heavy atom. The summed E-state index contributed by atoms with van der Waals surface area (Å²) in [6.45, 7) is 10.9. The van der Waals surface area contributed by atoms with Gasteiger partial charge in [0, 0.05) is 24.2 Å². The Kier molecular flexibility index (Phi) is 4.71. The first-order valence-electron chi connectivity index (χ1n) is 8.14. The molecular formula is C16H32N2. The summed E-state index contributed by atoms with van der Waals surface area (Å²) in [5.41, 5.74) is 0.846. The van der Waals surface area contributed by atoms with E-state index in [1.54, 1.807) is 0 Å². The molecule has 1 atom stereocenters. The Hall–Kier alpha value is -0.0800. The van der Waals surface area contributed by atoms with Crippen molar-refractivity contribution in [3.8, 4) is 0 Å². The maximum absolute atomic E-state index is 3.94. The van der Waals surface area contributed by atoms with Gasteiger partial charge < -0.3 is 5.32 Å². The Bertz CT molecular complexity index is 258. The molecule has 1 aliphatic carbocycles. The molecule has 2 aliphatic rings. The lowest BCUT2D eigenvalue weighted by molar-refractivity contribution is -0.00212. The molecule has 2 heteroatoms. The topological polar surface area (TPSA) is 15.3 Å². The molecule has 18 heavy (non-hydrogen) atoms. The zero-order valence-corrected chi connectivity index (χ0v) is 12.7. The van der Waals surface area contributed by atoms with Crippen molar-refractivity contribution in [2.45, 2.75) is 83.2 Å². The lowest BCUT2D eigenvalue weighted by Gasteiger charge is -2.54. The molecule has 106 valence electrons. The third-order valence-electron chi connectivity index (χ3n) is 5.46. The van der Waals surface area contributed by atoms with Crippen molar-refractivity contribution in [2.75, 3.05) is 19.6 Å². The molecule has 0 radical (unpaired) electrons. The predicted octanol–water partition coefficient (Wildman–Crippen LogP) is 3.56. The number of hydrogen-bond donors (Lipinski definition) is 1. The molecule has 1 N–H and O–H groups in total. The monoisotopic (exact) mass is 252 g/mol. The molecular weight excluding hydrogens is 220 g/mol.